The van der Waals surface area contributed by atoms with Crippen molar-refractivity contribution in [3.63, 3.8) is 0 Å². The van der Waals surface area contributed by atoms with Crippen molar-refractivity contribution in [2.75, 3.05) is 10.6 Å². The lowest BCUT2D eigenvalue weighted by Crippen LogP contribution is -2.19. The molecule has 3 rings (SSSR count). The molecular formula is C23H18N4O2. The third-order valence-electron chi connectivity index (χ3n) is 4.13. The van der Waals surface area contributed by atoms with Crippen LogP contribution >= 0.6 is 0 Å². The number of carbonyl (C=O) groups is 1. The van der Waals surface area contributed by atoms with E-state index in [0.29, 0.717) is 35.0 Å². The van der Waals surface area contributed by atoms with Crippen molar-refractivity contribution in [3.8, 4) is 17.6 Å². The van der Waals surface area contributed by atoms with Gasteiger partial charge in [0, 0.05) is 17.4 Å². The molecule has 0 atom stereocenters. The van der Waals surface area contributed by atoms with Crippen LogP contribution in [0.2, 0.25) is 0 Å². The molecule has 0 aliphatic carbocycles. The highest BCUT2D eigenvalue weighted by Crippen LogP contribution is 2.29. The molecule has 6 heteroatoms. The fraction of sp³-hybridized carbons (Fsp3) is 0.0870. The Labute approximate surface area is 169 Å². The quantitative estimate of drug-likeness (QED) is 0.527. The van der Waals surface area contributed by atoms with E-state index in [1.165, 1.54) is 0 Å². The lowest BCUT2D eigenvalue weighted by atomic mass is 10.1. The minimum atomic E-state index is -0.380. The van der Waals surface area contributed by atoms with E-state index in [1.54, 1.807) is 60.7 Å². The Morgan fingerprint density at radius 3 is 2.34 bits per heavy atom. The maximum atomic E-state index is 12.3. The predicted octanol–water partition coefficient (Wildman–Crippen LogP) is 6.05. The number of hydrogen-bond donors (Lipinski definition) is 2. The number of nitriles is 1. The van der Waals surface area contributed by atoms with E-state index in [-0.39, 0.29) is 6.03 Å². The average Bonchev–Trinajstić information content (AvgIpc) is 2.73. The van der Waals surface area contributed by atoms with E-state index < -0.39 is 0 Å². The molecule has 29 heavy (non-hydrogen) atoms. The van der Waals surface area contributed by atoms with E-state index in [0.717, 1.165) is 11.1 Å². The van der Waals surface area contributed by atoms with E-state index in [9.17, 15) is 4.79 Å². The molecule has 6 nitrogen and oxygen atoms in total. The Morgan fingerprint density at radius 2 is 1.69 bits per heavy atom. The number of nitrogens with one attached hydrogen (secondary N) is 2. The molecule has 0 spiro atoms. The smallest absolute Gasteiger partial charge is 0.323 e. The average molecular weight is 382 g/mol. The zero-order valence-electron chi connectivity index (χ0n) is 15.8. The van der Waals surface area contributed by atoms with Crippen molar-refractivity contribution in [3.05, 3.63) is 89.3 Å². The van der Waals surface area contributed by atoms with Crippen molar-refractivity contribution in [2.24, 2.45) is 0 Å². The number of nitrogens with zero attached hydrogens (tertiary/aromatic N) is 2. The topological polar surface area (TPSA) is 78.5 Å². The molecule has 0 fully saturated rings. The van der Waals surface area contributed by atoms with Crippen LogP contribution in [0.1, 0.15) is 11.1 Å². The van der Waals surface area contributed by atoms with Crippen LogP contribution in [0.25, 0.3) is 4.85 Å². The minimum Gasteiger partial charge on any atom is -0.457 e. The van der Waals surface area contributed by atoms with Crippen LogP contribution in [0.3, 0.4) is 0 Å². The molecule has 0 saturated carbocycles. The van der Waals surface area contributed by atoms with Gasteiger partial charge < -0.3 is 15.4 Å². The highest BCUT2D eigenvalue weighted by Gasteiger charge is 2.07. The fourth-order valence-electron chi connectivity index (χ4n) is 2.59. The van der Waals surface area contributed by atoms with Gasteiger partial charge in [0.1, 0.15) is 11.5 Å². The molecule has 0 radical (unpaired) electrons. The summed E-state index contributed by atoms with van der Waals surface area (Å²) in [4.78, 5) is 15.6. The number of aryl methyl sites for hydroxylation is 1. The first-order valence-electron chi connectivity index (χ1n) is 8.87. The van der Waals surface area contributed by atoms with Crippen LogP contribution in [-0.4, -0.2) is 6.03 Å². The summed E-state index contributed by atoms with van der Waals surface area (Å²) in [6.45, 7) is 8.91. The Bertz CT molecular complexity index is 1090. The molecule has 3 aromatic carbocycles. The summed E-state index contributed by atoms with van der Waals surface area (Å²) in [5.41, 5.74) is 3.57. The number of carbonyl (C=O) groups excluding carboxylic acids is 1. The van der Waals surface area contributed by atoms with Crippen LogP contribution in [0, 0.1) is 24.8 Å². The van der Waals surface area contributed by atoms with Gasteiger partial charge in [0.25, 0.3) is 0 Å². The Hall–Kier alpha value is -4.29. The summed E-state index contributed by atoms with van der Waals surface area (Å²) >= 11 is 0. The molecule has 0 aliphatic heterocycles. The SMILES string of the molecule is [C-]#[N+]c1ccc(Oc2cc(NC(=O)Nc3ccc(CC#N)cc3)ccc2C)cc1. The van der Waals surface area contributed by atoms with Crippen molar-refractivity contribution in [2.45, 2.75) is 13.3 Å². The maximum absolute atomic E-state index is 12.3. The Kier molecular flexibility index (Phi) is 6.09. The zero-order chi connectivity index (χ0) is 20.6. The van der Waals surface area contributed by atoms with Crippen molar-refractivity contribution >= 4 is 23.1 Å². The third kappa shape index (κ3) is 5.35. The van der Waals surface area contributed by atoms with E-state index in [2.05, 4.69) is 21.5 Å². The molecule has 2 N–H and O–H groups in total. The van der Waals surface area contributed by atoms with Gasteiger partial charge in [-0.2, -0.15) is 5.26 Å². The second-order valence-corrected chi connectivity index (χ2v) is 6.30. The first-order valence-corrected chi connectivity index (χ1v) is 8.87. The van der Waals surface area contributed by atoms with Crippen molar-refractivity contribution < 1.29 is 9.53 Å². The highest BCUT2D eigenvalue weighted by molar-refractivity contribution is 5.99. The fourth-order valence-corrected chi connectivity index (χ4v) is 2.59. The van der Waals surface area contributed by atoms with Crippen molar-refractivity contribution in [1.82, 2.24) is 0 Å². The van der Waals surface area contributed by atoms with E-state index >= 15 is 0 Å². The summed E-state index contributed by atoms with van der Waals surface area (Å²) in [7, 11) is 0. The molecule has 0 aromatic heterocycles. The number of benzene rings is 3. The Morgan fingerprint density at radius 1 is 1.03 bits per heavy atom. The molecule has 0 bridgehead atoms. The summed E-state index contributed by atoms with van der Waals surface area (Å²) in [6.07, 6.45) is 0.333. The summed E-state index contributed by atoms with van der Waals surface area (Å²) in [6, 6.07) is 21.0. The largest absolute Gasteiger partial charge is 0.457 e. The Balaban J connectivity index is 1.66. The maximum Gasteiger partial charge on any atom is 0.323 e. The lowest BCUT2D eigenvalue weighted by molar-refractivity contribution is 0.262. The van der Waals surface area contributed by atoms with Crippen LogP contribution in [0.4, 0.5) is 21.9 Å². The predicted molar refractivity (Wildman–Crippen MR) is 112 cm³/mol. The molecule has 0 saturated heterocycles. The van der Waals surface area contributed by atoms with Crippen LogP contribution < -0.4 is 15.4 Å². The van der Waals surface area contributed by atoms with E-state index in [1.807, 2.05) is 13.0 Å². The number of amides is 2. The monoisotopic (exact) mass is 382 g/mol. The molecule has 142 valence electrons. The molecule has 0 unspecified atom stereocenters. The second-order valence-electron chi connectivity index (χ2n) is 6.30. The first-order chi connectivity index (χ1) is 14.1. The van der Waals surface area contributed by atoms with Crippen LogP contribution in [0.15, 0.2) is 66.7 Å². The van der Waals surface area contributed by atoms with Gasteiger partial charge in [0.15, 0.2) is 5.69 Å². The standard InChI is InChI=1S/C23H18N4O2/c1-16-3-6-20(15-22(16)29-21-11-9-18(25-2)10-12-21)27-23(28)26-19-7-4-17(5-8-19)13-14-24/h3-12,15H,13H2,1H3,(H2,26,27,28). The van der Waals surface area contributed by atoms with Gasteiger partial charge in [-0.05, 0) is 48.4 Å². The van der Waals surface area contributed by atoms with Crippen LogP contribution in [0.5, 0.6) is 11.5 Å². The normalized spacial score (nSPS) is 9.76. The number of hydrogen-bond acceptors (Lipinski definition) is 3. The van der Waals surface area contributed by atoms with Gasteiger partial charge in [0.05, 0.1) is 19.1 Å². The number of urea groups is 1. The van der Waals surface area contributed by atoms with Gasteiger partial charge in [-0.3, -0.25) is 0 Å². The number of anilines is 2. The summed E-state index contributed by atoms with van der Waals surface area (Å²) in [5.74, 6) is 1.22. The van der Waals surface area contributed by atoms with E-state index in [4.69, 9.17) is 16.6 Å². The number of rotatable bonds is 5. The van der Waals surface area contributed by atoms with Crippen LogP contribution in [-0.2, 0) is 6.42 Å². The molecule has 3 aromatic rings. The van der Waals surface area contributed by atoms with Gasteiger partial charge in [-0.15, -0.1) is 0 Å². The molecule has 2 amide bonds. The molecular weight excluding hydrogens is 364 g/mol. The summed E-state index contributed by atoms with van der Waals surface area (Å²) in [5, 5.41) is 14.2. The zero-order valence-corrected chi connectivity index (χ0v) is 15.8. The van der Waals surface area contributed by atoms with Gasteiger partial charge in [0.2, 0.25) is 0 Å². The number of ether oxygens (including phenoxy) is 1. The van der Waals surface area contributed by atoms with Gasteiger partial charge in [-0.1, -0.05) is 30.3 Å². The molecule has 0 heterocycles. The second kappa shape index (κ2) is 9.07. The lowest BCUT2D eigenvalue weighted by Gasteiger charge is -2.12. The summed E-state index contributed by atoms with van der Waals surface area (Å²) < 4.78 is 5.88. The third-order valence-corrected chi connectivity index (χ3v) is 4.13. The molecule has 0 aliphatic rings. The highest BCUT2D eigenvalue weighted by atomic mass is 16.5. The first kappa shape index (κ1) is 19.5. The van der Waals surface area contributed by atoms with Gasteiger partial charge >= 0.3 is 6.03 Å². The van der Waals surface area contributed by atoms with Gasteiger partial charge in [-0.25, -0.2) is 9.64 Å². The van der Waals surface area contributed by atoms with Crippen molar-refractivity contribution in [1.29, 1.82) is 5.26 Å². The minimum absolute atomic E-state index is 0.333.